The zero-order valence-electron chi connectivity index (χ0n) is 13.9. The first kappa shape index (κ1) is 16.5. The number of hydrogen-bond donors (Lipinski definition) is 0. The van der Waals surface area contributed by atoms with E-state index in [1.165, 1.54) is 5.52 Å². The summed E-state index contributed by atoms with van der Waals surface area (Å²) in [5.41, 5.74) is 0.766. The normalized spacial score (nSPS) is 21.1. The first-order valence-electron chi connectivity index (χ1n) is 7.82. The second-order valence-electron chi connectivity index (χ2n) is 7.16. The summed E-state index contributed by atoms with van der Waals surface area (Å²) in [4.78, 5) is 18.2. The molecule has 0 spiro atoms. The van der Waals surface area contributed by atoms with Crippen molar-refractivity contribution in [1.82, 2.24) is 14.5 Å². The van der Waals surface area contributed by atoms with E-state index < -0.39 is 5.60 Å². The van der Waals surface area contributed by atoms with Crippen LogP contribution in [0.1, 0.15) is 39.7 Å². The average Bonchev–Trinajstić information content (AvgIpc) is 2.78. The van der Waals surface area contributed by atoms with Crippen LogP contribution in [0.15, 0.2) is 24.5 Å². The van der Waals surface area contributed by atoms with Gasteiger partial charge in [-0.15, -0.1) is 0 Å². The number of rotatable bonds is 2. The van der Waals surface area contributed by atoms with Gasteiger partial charge in [-0.25, -0.2) is 9.78 Å². The SMILES string of the molecule is CN(C(=O)OC(C)(C)C)[C@H]1C[C@H](n2ccc3cnc(I)cc32)C1. The van der Waals surface area contributed by atoms with E-state index in [2.05, 4.69) is 50.5 Å². The topological polar surface area (TPSA) is 47.4 Å². The largest absolute Gasteiger partial charge is 0.444 e. The summed E-state index contributed by atoms with van der Waals surface area (Å²) in [6.07, 6.45) is 5.71. The summed E-state index contributed by atoms with van der Waals surface area (Å²) < 4.78 is 8.74. The zero-order valence-corrected chi connectivity index (χ0v) is 16.1. The molecule has 23 heavy (non-hydrogen) atoms. The van der Waals surface area contributed by atoms with Crippen molar-refractivity contribution >= 4 is 39.6 Å². The van der Waals surface area contributed by atoms with E-state index in [1.807, 2.05) is 34.0 Å². The third-order valence-corrected chi connectivity index (χ3v) is 4.87. The number of halogens is 1. The minimum atomic E-state index is -0.450. The highest BCUT2D eigenvalue weighted by Crippen LogP contribution is 2.38. The number of carbonyl (C=O) groups excluding carboxylic acids is 1. The van der Waals surface area contributed by atoms with Crippen molar-refractivity contribution in [2.24, 2.45) is 0 Å². The lowest BCUT2D eigenvalue weighted by molar-refractivity contribution is 0.00813. The van der Waals surface area contributed by atoms with Crippen LogP contribution in [0.3, 0.4) is 0 Å². The quantitative estimate of drug-likeness (QED) is 0.533. The monoisotopic (exact) mass is 427 g/mol. The van der Waals surface area contributed by atoms with Crippen LogP contribution in [-0.2, 0) is 4.74 Å². The van der Waals surface area contributed by atoms with Crippen molar-refractivity contribution in [2.75, 3.05) is 7.05 Å². The maximum Gasteiger partial charge on any atom is 0.410 e. The van der Waals surface area contributed by atoms with Gasteiger partial charge in [0.25, 0.3) is 0 Å². The summed E-state index contributed by atoms with van der Waals surface area (Å²) in [6.45, 7) is 5.68. The molecular formula is C17H22IN3O2. The number of hydrogen-bond acceptors (Lipinski definition) is 3. The van der Waals surface area contributed by atoms with E-state index in [0.29, 0.717) is 6.04 Å². The van der Waals surface area contributed by atoms with Gasteiger partial charge in [-0.05, 0) is 68.3 Å². The highest BCUT2D eigenvalue weighted by Gasteiger charge is 2.37. The molecule has 6 heteroatoms. The fourth-order valence-corrected chi connectivity index (χ4v) is 3.36. The van der Waals surface area contributed by atoms with Crippen molar-refractivity contribution in [1.29, 1.82) is 0 Å². The molecule has 3 rings (SSSR count). The molecule has 2 aromatic rings. The minimum absolute atomic E-state index is 0.239. The van der Waals surface area contributed by atoms with E-state index in [1.54, 1.807) is 4.90 Å². The van der Waals surface area contributed by atoms with Crippen molar-refractivity contribution in [3.63, 3.8) is 0 Å². The maximum absolute atomic E-state index is 12.1. The molecule has 0 saturated heterocycles. The van der Waals surface area contributed by atoms with Crippen molar-refractivity contribution < 1.29 is 9.53 Å². The molecule has 1 saturated carbocycles. The molecule has 0 radical (unpaired) electrons. The number of fused-ring (bicyclic) bond motifs is 1. The lowest BCUT2D eigenvalue weighted by atomic mass is 9.85. The van der Waals surface area contributed by atoms with Crippen LogP contribution in [0.4, 0.5) is 4.79 Å². The van der Waals surface area contributed by atoms with Crippen molar-refractivity contribution in [3.8, 4) is 0 Å². The van der Waals surface area contributed by atoms with E-state index in [4.69, 9.17) is 4.74 Å². The molecule has 2 heterocycles. The maximum atomic E-state index is 12.1. The second-order valence-corrected chi connectivity index (χ2v) is 8.26. The number of amides is 1. The first-order valence-corrected chi connectivity index (χ1v) is 8.90. The Kier molecular flexibility index (Phi) is 4.29. The third kappa shape index (κ3) is 3.46. The molecule has 0 aromatic carbocycles. The van der Waals surface area contributed by atoms with E-state index in [0.717, 1.165) is 21.9 Å². The molecule has 0 bridgehead atoms. The highest BCUT2D eigenvalue weighted by molar-refractivity contribution is 14.1. The molecule has 0 atom stereocenters. The van der Waals surface area contributed by atoms with E-state index in [-0.39, 0.29) is 12.1 Å². The Morgan fingerprint density at radius 1 is 1.43 bits per heavy atom. The van der Waals surface area contributed by atoms with Crippen LogP contribution in [-0.4, -0.2) is 39.2 Å². The van der Waals surface area contributed by atoms with Crippen molar-refractivity contribution in [3.05, 3.63) is 28.2 Å². The Hall–Kier alpha value is -1.31. The zero-order chi connectivity index (χ0) is 16.8. The van der Waals surface area contributed by atoms with Crippen LogP contribution < -0.4 is 0 Å². The van der Waals surface area contributed by atoms with Crippen molar-refractivity contribution in [2.45, 2.75) is 51.3 Å². The van der Waals surface area contributed by atoms with Crippen LogP contribution in [0.25, 0.3) is 10.9 Å². The van der Waals surface area contributed by atoms with Crippen LogP contribution in [0.5, 0.6) is 0 Å². The van der Waals surface area contributed by atoms with E-state index >= 15 is 0 Å². The Morgan fingerprint density at radius 3 is 2.78 bits per heavy atom. The summed E-state index contributed by atoms with van der Waals surface area (Å²) in [7, 11) is 1.83. The van der Waals surface area contributed by atoms with Crippen LogP contribution >= 0.6 is 22.6 Å². The highest BCUT2D eigenvalue weighted by atomic mass is 127. The van der Waals surface area contributed by atoms with Crippen LogP contribution in [0, 0.1) is 3.70 Å². The van der Waals surface area contributed by atoms with Gasteiger partial charge in [-0.1, -0.05) is 0 Å². The summed E-state index contributed by atoms with van der Waals surface area (Å²) >= 11 is 2.24. The lowest BCUT2D eigenvalue weighted by Crippen LogP contribution is -2.47. The van der Waals surface area contributed by atoms with Gasteiger partial charge in [0.05, 0.1) is 5.52 Å². The van der Waals surface area contributed by atoms with Gasteiger partial charge < -0.3 is 14.2 Å². The Bertz CT molecular complexity index is 729. The van der Waals surface area contributed by atoms with Gasteiger partial charge in [0.2, 0.25) is 0 Å². The molecule has 124 valence electrons. The van der Waals surface area contributed by atoms with Gasteiger partial charge in [0, 0.05) is 36.9 Å². The molecule has 1 aliphatic rings. The summed E-state index contributed by atoms with van der Waals surface area (Å²) in [6, 6.07) is 4.89. The number of ether oxygens (including phenoxy) is 1. The predicted octanol–water partition coefficient (Wildman–Crippen LogP) is 4.21. The van der Waals surface area contributed by atoms with Gasteiger partial charge >= 0.3 is 6.09 Å². The standard InChI is InChI=1S/C17H22IN3O2/c1-17(2,3)23-16(22)20(4)12-7-13(8-12)21-6-5-11-10-19-15(18)9-14(11)21/h5-6,9-10,12-13H,7-8H2,1-4H3/t12-,13-. The third-order valence-electron chi connectivity index (χ3n) is 4.28. The molecule has 5 nitrogen and oxygen atoms in total. The summed E-state index contributed by atoms with van der Waals surface area (Å²) in [5.74, 6) is 0. The van der Waals surface area contributed by atoms with E-state index in [9.17, 15) is 4.79 Å². The summed E-state index contributed by atoms with van der Waals surface area (Å²) in [5, 5.41) is 1.16. The number of aromatic nitrogens is 2. The Balaban J connectivity index is 1.66. The second kappa shape index (κ2) is 5.96. The first-order chi connectivity index (χ1) is 10.7. The fraction of sp³-hybridized carbons (Fsp3) is 0.529. The number of carbonyl (C=O) groups is 1. The minimum Gasteiger partial charge on any atom is -0.444 e. The van der Waals surface area contributed by atoms with Gasteiger partial charge in [-0.3, -0.25) is 0 Å². The smallest absolute Gasteiger partial charge is 0.410 e. The lowest BCUT2D eigenvalue weighted by Gasteiger charge is -2.42. The average molecular weight is 427 g/mol. The van der Waals surface area contributed by atoms with Gasteiger partial charge in [0.15, 0.2) is 0 Å². The molecule has 0 N–H and O–H groups in total. The van der Waals surface area contributed by atoms with Crippen LogP contribution in [0.2, 0.25) is 0 Å². The molecule has 1 amide bonds. The molecule has 2 aromatic heterocycles. The number of nitrogens with zero attached hydrogens (tertiary/aromatic N) is 3. The fourth-order valence-electron chi connectivity index (χ4n) is 2.93. The predicted molar refractivity (Wildman–Crippen MR) is 98.5 cm³/mol. The van der Waals surface area contributed by atoms with Gasteiger partial charge in [-0.2, -0.15) is 0 Å². The molecule has 0 aliphatic heterocycles. The molecule has 1 aliphatic carbocycles. The van der Waals surface area contributed by atoms with Gasteiger partial charge in [0.1, 0.15) is 9.30 Å². The molecule has 0 unspecified atom stereocenters. The number of pyridine rings is 1. The molecule has 1 fully saturated rings. The molecular weight excluding hydrogens is 405 g/mol. The Labute approximate surface area is 150 Å². The Morgan fingerprint density at radius 2 is 2.13 bits per heavy atom.